The van der Waals surface area contributed by atoms with Crippen molar-refractivity contribution < 1.29 is 27.8 Å². The standard InChI is InChI=1S/C28H31ClF3N3O3/c29-22-5-3-19(16-26(36)37)15-24(22)38-14-9-27(35-10-1-2-11-35)7-12-34(13-8-27)25-18-20-17-21(28(30,31)32)4-6-23(20)33-25/h3-6,15,17H,1-2,7-14,16,18H2,(H,36,37). The molecule has 3 aliphatic rings. The molecule has 0 aliphatic carbocycles. The van der Waals surface area contributed by atoms with Crippen LogP contribution in [0.2, 0.25) is 5.02 Å². The number of carboxylic acids is 1. The van der Waals surface area contributed by atoms with Gasteiger partial charge in [0.25, 0.3) is 0 Å². The molecule has 3 aliphatic heterocycles. The van der Waals surface area contributed by atoms with Gasteiger partial charge in [-0.05, 0) is 86.7 Å². The Balaban J connectivity index is 1.23. The van der Waals surface area contributed by atoms with Crippen molar-refractivity contribution in [1.29, 1.82) is 0 Å². The van der Waals surface area contributed by atoms with Crippen molar-refractivity contribution in [3.05, 3.63) is 58.1 Å². The number of likely N-dealkylation sites (tertiary alicyclic amines) is 2. The van der Waals surface area contributed by atoms with Gasteiger partial charge in [-0.3, -0.25) is 9.69 Å². The van der Waals surface area contributed by atoms with Crippen LogP contribution in [-0.4, -0.2) is 65.0 Å². The Labute approximate surface area is 225 Å². The number of aliphatic carboxylic acids is 1. The van der Waals surface area contributed by atoms with Gasteiger partial charge in [0, 0.05) is 25.0 Å². The zero-order valence-electron chi connectivity index (χ0n) is 21.1. The maximum atomic E-state index is 13.1. The number of ether oxygens (including phenoxy) is 1. The Bertz CT molecular complexity index is 1220. The van der Waals surface area contributed by atoms with Gasteiger partial charge in [0.2, 0.25) is 0 Å². The Kier molecular flexibility index (Phi) is 7.60. The summed E-state index contributed by atoms with van der Waals surface area (Å²) in [5, 5.41) is 9.54. The lowest BCUT2D eigenvalue weighted by atomic mass is 9.82. The van der Waals surface area contributed by atoms with Crippen molar-refractivity contribution in [2.75, 3.05) is 32.8 Å². The first-order chi connectivity index (χ1) is 18.1. The van der Waals surface area contributed by atoms with Gasteiger partial charge in [0.05, 0.1) is 29.3 Å². The number of aliphatic imine (C=N–C) groups is 1. The van der Waals surface area contributed by atoms with Gasteiger partial charge in [-0.15, -0.1) is 0 Å². The number of amidine groups is 1. The lowest BCUT2D eigenvalue weighted by molar-refractivity contribution is -0.138. The molecule has 2 aromatic rings. The van der Waals surface area contributed by atoms with E-state index in [0.29, 0.717) is 40.6 Å². The van der Waals surface area contributed by atoms with Crippen LogP contribution in [0.4, 0.5) is 18.9 Å². The van der Waals surface area contributed by atoms with E-state index in [1.54, 1.807) is 18.2 Å². The van der Waals surface area contributed by atoms with Crippen molar-refractivity contribution in [3.8, 4) is 5.75 Å². The Morgan fingerprint density at radius 1 is 1.08 bits per heavy atom. The molecular weight excluding hydrogens is 519 g/mol. The van der Waals surface area contributed by atoms with E-state index in [1.165, 1.54) is 25.0 Å². The lowest BCUT2D eigenvalue weighted by Gasteiger charge is -2.48. The molecule has 1 N–H and O–H groups in total. The van der Waals surface area contributed by atoms with E-state index in [2.05, 4.69) is 14.8 Å². The monoisotopic (exact) mass is 549 g/mol. The summed E-state index contributed by atoms with van der Waals surface area (Å²) in [5.74, 6) is 0.428. The topological polar surface area (TPSA) is 65.4 Å². The van der Waals surface area contributed by atoms with E-state index in [-0.39, 0.29) is 12.0 Å². The Hall–Kier alpha value is -2.78. The Morgan fingerprint density at radius 3 is 2.50 bits per heavy atom. The van der Waals surface area contributed by atoms with Gasteiger partial charge in [0.1, 0.15) is 11.6 Å². The van der Waals surface area contributed by atoms with Crippen molar-refractivity contribution in [2.45, 2.75) is 56.7 Å². The molecule has 0 amide bonds. The van der Waals surface area contributed by atoms with Gasteiger partial charge in [-0.1, -0.05) is 17.7 Å². The van der Waals surface area contributed by atoms with Crippen molar-refractivity contribution in [1.82, 2.24) is 9.80 Å². The highest BCUT2D eigenvalue weighted by molar-refractivity contribution is 6.32. The number of carboxylic acid groups (broad SMARTS) is 1. The van der Waals surface area contributed by atoms with Crippen LogP contribution >= 0.6 is 11.6 Å². The highest BCUT2D eigenvalue weighted by Crippen LogP contribution is 2.39. The number of rotatable bonds is 7. The van der Waals surface area contributed by atoms with E-state index in [4.69, 9.17) is 21.4 Å². The zero-order valence-corrected chi connectivity index (χ0v) is 21.8. The van der Waals surface area contributed by atoms with E-state index < -0.39 is 17.7 Å². The summed E-state index contributed by atoms with van der Waals surface area (Å²) in [6, 6.07) is 8.85. The van der Waals surface area contributed by atoms with Crippen LogP contribution in [0.1, 0.15) is 48.8 Å². The third-order valence-corrected chi connectivity index (χ3v) is 8.33. The zero-order chi connectivity index (χ0) is 26.9. The molecule has 6 nitrogen and oxygen atoms in total. The number of benzene rings is 2. The molecule has 0 bridgehead atoms. The van der Waals surface area contributed by atoms with Crippen molar-refractivity contribution in [2.24, 2.45) is 4.99 Å². The molecule has 0 aromatic heterocycles. The molecule has 0 spiro atoms. The number of carbonyl (C=O) groups is 1. The van der Waals surface area contributed by atoms with Gasteiger partial charge >= 0.3 is 12.1 Å². The molecular formula is C28H31ClF3N3O3. The fourth-order valence-electron chi connectivity index (χ4n) is 5.93. The van der Waals surface area contributed by atoms with Crippen LogP contribution in [0.3, 0.4) is 0 Å². The first kappa shape index (κ1) is 26.8. The maximum Gasteiger partial charge on any atom is 0.416 e. The molecule has 3 heterocycles. The van der Waals surface area contributed by atoms with E-state index in [0.717, 1.165) is 57.3 Å². The van der Waals surface area contributed by atoms with E-state index in [1.807, 2.05) is 0 Å². The lowest BCUT2D eigenvalue weighted by Crippen LogP contribution is -2.56. The summed E-state index contributed by atoms with van der Waals surface area (Å²) in [4.78, 5) is 20.5. The molecule has 2 aromatic carbocycles. The largest absolute Gasteiger partial charge is 0.492 e. The minimum Gasteiger partial charge on any atom is -0.492 e. The van der Waals surface area contributed by atoms with E-state index >= 15 is 0 Å². The smallest absolute Gasteiger partial charge is 0.416 e. The molecule has 0 saturated carbocycles. The van der Waals surface area contributed by atoms with Crippen LogP contribution < -0.4 is 4.74 Å². The first-order valence-corrected chi connectivity index (χ1v) is 13.4. The average molecular weight is 550 g/mol. The molecule has 0 unspecified atom stereocenters. The molecule has 204 valence electrons. The van der Waals surface area contributed by atoms with Gasteiger partial charge in [-0.2, -0.15) is 13.2 Å². The van der Waals surface area contributed by atoms with Crippen LogP contribution in [-0.2, 0) is 23.8 Å². The summed E-state index contributed by atoms with van der Waals surface area (Å²) in [5.41, 5.74) is 1.22. The molecule has 2 fully saturated rings. The second-order valence-corrected chi connectivity index (χ2v) is 10.8. The number of hydrogen-bond donors (Lipinski definition) is 1. The third kappa shape index (κ3) is 5.78. The van der Waals surface area contributed by atoms with Gasteiger partial charge in [0.15, 0.2) is 0 Å². The normalized spacial score (nSPS) is 19.4. The number of fused-ring (bicyclic) bond motifs is 1. The minimum absolute atomic E-state index is 0.0341. The van der Waals surface area contributed by atoms with E-state index in [9.17, 15) is 18.0 Å². The number of hydrogen-bond acceptors (Lipinski definition) is 5. The number of nitrogens with zero attached hydrogens (tertiary/aromatic N) is 3. The first-order valence-electron chi connectivity index (χ1n) is 13.0. The predicted octanol–water partition coefficient (Wildman–Crippen LogP) is 5.97. The highest BCUT2D eigenvalue weighted by atomic mass is 35.5. The van der Waals surface area contributed by atoms with Crippen LogP contribution in [0.25, 0.3) is 0 Å². The SMILES string of the molecule is O=C(O)Cc1ccc(Cl)c(OCCC2(N3CCCC3)CCN(C3=Nc4ccc(C(F)(F)F)cc4C3)CC2)c1. The molecule has 0 radical (unpaired) electrons. The van der Waals surface area contributed by atoms with Crippen LogP contribution in [0.5, 0.6) is 5.75 Å². The summed E-state index contributed by atoms with van der Waals surface area (Å²) in [7, 11) is 0. The predicted molar refractivity (Wildman–Crippen MR) is 139 cm³/mol. The number of piperidine rings is 1. The summed E-state index contributed by atoms with van der Waals surface area (Å²) in [6.07, 6.45) is 0.928. The molecule has 2 saturated heterocycles. The van der Waals surface area contributed by atoms with Crippen LogP contribution in [0.15, 0.2) is 41.4 Å². The van der Waals surface area contributed by atoms with Crippen molar-refractivity contribution in [3.63, 3.8) is 0 Å². The quantitative estimate of drug-likeness (QED) is 0.461. The third-order valence-electron chi connectivity index (χ3n) is 8.02. The highest BCUT2D eigenvalue weighted by Gasteiger charge is 2.42. The molecule has 38 heavy (non-hydrogen) atoms. The Morgan fingerprint density at radius 2 is 1.82 bits per heavy atom. The summed E-state index contributed by atoms with van der Waals surface area (Å²) < 4.78 is 45.5. The number of halogens is 4. The maximum absolute atomic E-state index is 13.1. The second-order valence-electron chi connectivity index (χ2n) is 10.4. The van der Waals surface area contributed by atoms with Gasteiger partial charge < -0.3 is 14.7 Å². The average Bonchev–Trinajstić information content (AvgIpc) is 3.56. The second kappa shape index (κ2) is 10.8. The summed E-state index contributed by atoms with van der Waals surface area (Å²) in [6.45, 7) is 4.11. The van der Waals surface area contributed by atoms with Gasteiger partial charge in [-0.25, -0.2) is 4.99 Å². The van der Waals surface area contributed by atoms with Crippen LogP contribution in [0, 0.1) is 0 Å². The molecule has 0 atom stereocenters. The van der Waals surface area contributed by atoms with Crippen molar-refractivity contribution >= 4 is 29.1 Å². The minimum atomic E-state index is -4.36. The number of alkyl halides is 3. The summed E-state index contributed by atoms with van der Waals surface area (Å²) >= 11 is 6.32. The molecule has 5 rings (SSSR count). The molecule has 10 heteroatoms. The fourth-order valence-corrected chi connectivity index (χ4v) is 6.11. The fraction of sp³-hybridized carbons (Fsp3) is 0.500.